The Balaban J connectivity index is 0. The van der Waals surface area contributed by atoms with Crippen LogP contribution in [0.3, 0.4) is 0 Å². The Hall–Kier alpha value is 1.51. The van der Waals surface area contributed by atoms with Crippen molar-refractivity contribution in [1.82, 2.24) is 0 Å². The first kappa shape index (κ1) is 11.3. The molecular formula is CH6KNO3S. The summed E-state index contributed by atoms with van der Waals surface area (Å²) in [7, 11) is -2.67. The van der Waals surface area contributed by atoms with Crippen LogP contribution in [-0.4, -0.2) is 66.9 Å². The van der Waals surface area contributed by atoms with Crippen molar-refractivity contribution < 1.29 is 12.6 Å². The van der Waals surface area contributed by atoms with Crippen LogP contribution >= 0.6 is 0 Å². The van der Waals surface area contributed by atoms with Crippen LogP contribution < -0.4 is 5.14 Å². The second-order valence-electron chi connectivity index (χ2n) is 0.659. The molecule has 0 aromatic carbocycles. The topological polar surface area (TPSA) is 69.4 Å². The van der Waals surface area contributed by atoms with Gasteiger partial charge in [0.1, 0.15) is 0 Å². The van der Waals surface area contributed by atoms with Gasteiger partial charge < -0.3 is 0 Å². The van der Waals surface area contributed by atoms with Crippen molar-refractivity contribution in [2.75, 3.05) is 7.11 Å². The molecule has 0 heterocycles. The fraction of sp³-hybridized carbons (Fsp3) is 1.00. The number of rotatable bonds is 1. The van der Waals surface area contributed by atoms with Gasteiger partial charge in [-0.15, -0.1) is 0 Å². The molecule has 0 saturated heterocycles. The summed E-state index contributed by atoms with van der Waals surface area (Å²) in [6.45, 7) is 0. The summed E-state index contributed by atoms with van der Waals surface area (Å²) in [5, 5.41) is 4.28. The van der Waals surface area contributed by atoms with E-state index in [1.165, 1.54) is 0 Å². The average Bonchev–Trinajstić information content (AvgIpc) is 1.35. The zero-order valence-corrected chi connectivity index (χ0v) is 4.03. The summed E-state index contributed by atoms with van der Waals surface area (Å²) >= 11 is 0. The molecule has 0 aliphatic carbocycles. The molecule has 4 nitrogen and oxygen atoms in total. The van der Waals surface area contributed by atoms with Gasteiger partial charge in [-0.3, -0.25) is 4.18 Å². The first-order valence-corrected chi connectivity index (χ1v) is 2.62. The van der Waals surface area contributed by atoms with Crippen LogP contribution in [0.25, 0.3) is 0 Å². The van der Waals surface area contributed by atoms with E-state index >= 15 is 0 Å². The summed E-state index contributed by atoms with van der Waals surface area (Å²) in [5.41, 5.74) is 0. The van der Waals surface area contributed by atoms with E-state index in [1.54, 1.807) is 0 Å². The van der Waals surface area contributed by atoms with Gasteiger partial charge in [0.2, 0.25) is 0 Å². The maximum absolute atomic E-state index is 9.56. The van der Waals surface area contributed by atoms with E-state index in [2.05, 4.69) is 9.32 Å². The molecule has 0 radical (unpaired) electrons. The predicted octanol–water partition coefficient (Wildman–Crippen LogP) is -1.81. The van der Waals surface area contributed by atoms with Crippen molar-refractivity contribution in [3.8, 4) is 0 Å². The summed E-state index contributed by atoms with van der Waals surface area (Å²) < 4.78 is 22.8. The molecule has 0 aliphatic rings. The van der Waals surface area contributed by atoms with Crippen LogP contribution in [0.2, 0.25) is 0 Å². The van der Waals surface area contributed by atoms with E-state index in [0.717, 1.165) is 7.11 Å². The summed E-state index contributed by atoms with van der Waals surface area (Å²) in [6.07, 6.45) is 0. The zero-order valence-electron chi connectivity index (χ0n) is 3.21. The van der Waals surface area contributed by atoms with Crippen LogP contribution in [0.4, 0.5) is 0 Å². The van der Waals surface area contributed by atoms with E-state index in [4.69, 9.17) is 0 Å². The van der Waals surface area contributed by atoms with E-state index in [-0.39, 0.29) is 51.4 Å². The van der Waals surface area contributed by atoms with Crippen LogP contribution in [0.5, 0.6) is 0 Å². The summed E-state index contributed by atoms with van der Waals surface area (Å²) in [5.74, 6) is 0. The molecule has 0 saturated carbocycles. The predicted molar refractivity (Wildman–Crippen MR) is 27.3 cm³/mol. The third kappa shape index (κ3) is 11.2. The van der Waals surface area contributed by atoms with Crippen LogP contribution in [0, 0.1) is 0 Å². The minimum atomic E-state index is -3.66. The van der Waals surface area contributed by atoms with Gasteiger partial charge in [-0.1, -0.05) is 0 Å². The van der Waals surface area contributed by atoms with Crippen molar-refractivity contribution in [2.45, 2.75) is 0 Å². The maximum atomic E-state index is 9.56. The van der Waals surface area contributed by atoms with E-state index < -0.39 is 10.3 Å². The Bertz CT molecular complexity index is 117. The zero-order chi connectivity index (χ0) is 5.21. The van der Waals surface area contributed by atoms with Gasteiger partial charge in [0.15, 0.2) is 0 Å². The number of nitrogens with two attached hydrogens (primary N) is 1. The second-order valence-corrected chi connectivity index (χ2v) is 1.98. The molecule has 0 spiro atoms. The molecule has 0 aromatic rings. The molecule has 40 valence electrons. The molecule has 2 N–H and O–H groups in total. The van der Waals surface area contributed by atoms with Crippen molar-refractivity contribution >= 4 is 61.7 Å². The van der Waals surface area contributed by atoms with Gasteiger partial charge in [0.25, 0.3) is 0 Å². The van der Waals surface area contributed by atoms with E-state index in [1.807, 2.05) is 0 Å². The first-order chi connectivity index (χ1) is 2.56. The van der Waals surface area contributed by atoms with E-state index in [9.17, 15) is 8.42 Å². The number of hydrogen-bond acceptors (Lipinski definition) is 3. The standard InChI is InChI=1S/CH5NO3S.K.H/c1-5-6(2,3)4;;/h1H3,(H2,2,3,4);;. The van der Waals surface area contributed by atoms with Gasteiger partial charge in [0.05, 0.1) is 7.11 Å². The number of hydrogen-bond donors (Lipinski definition) is 1. The normalized spacial score (nSPS) is 10.0. The Morgan fingerprint density at radius 2 is 1.71 bits per heavy atom. The Morgan fingerprint density at radius 3 is 1.71 bits per heavy atom. The molecule has 7 heavy (non-hydrogen) atoms. The molecule has 0 aliphatic heterocycles. The van der Waals surface area contributed by atoms with Crippen LogP contribution in [0.1, 0.15) is 0 Å². The third-order valence-electron chi connectivity index (χ3n) is 0.232. The Labute approximate surface area is 85.1 Å². The Kier molecular flexibility index (Phi) is 7.10. The SMILES string of the molecule is COS(N)(=O)=O.[KH]. The molecular weight excluding hydrogens is 145 g/mol. The van der Waals surface area contributed by atoms with E-state index in [0.29, 0.717) is 0 Å². The van der Waals surface area contributed by atoms with Crippen LogP contribution in [-0.2, 0) is 14.5 Å². The molecule has 6 heteroatoms. The molecule has 0 fully saturated rings. The molecule has 0 unspecified atom stereocenters. The van der Waals surface area contributed by atoms with Gasteiger partial charge in [0, 0.05) is 0 Å². The minimum absolute atomic E-state index is 0. The van der Waals surface area contributed by atoms with Gasteiger partial charge in [-0.25, -0.2) is 5.14 Å². The second kappa shape index (κ2) is 4.39. The third-order valence-corrected chi connectivity index (χ3v) is 0.697. The molecule has 0 bridgehead atoms. The monoisotopic (exact) mass is 151 g/mol. The van der Waals surface area contributed by atoms with Crippen molar-refractivity contribution in [2.24, 2.45) is 5.14 Å². The van der Waals surface area contributed by atoms with Crippen molar-refractivity contribution in [1.29, 1.82) is 0 Å². The summed E-state index contributed by atoms with van der Waals surface area (Å²) in [6, 6.07) is 0. The van der Waals surface area contributed by atoms with Crippen molar-refractivity contribution in [3.63, 3.8) is 0 Å². The molecule has 0 amide bonds. The first-order valence-electron chi connectivity index (χ1n) is 1.14. The van der Waals surface area contributed by atoms with Crippen LogP contribution in [0.15, 0.2) is 0 Å². The van der Waals surface area contributed by atoms with Gasteiger partial charge in [-0.2, -0.15) is 8.42 Å². The average molecular weight is 151 g/mol. The van der Waals surface area contributed by atoms with Crippen molar-refractivity contribution in [3.05, 3.63) is 0 Å². The fourth-order valence-electron chi connectivity index (χ4n) is 0. The molecule has 0 rings (SSSR count). The fourth-order valence-corrected chi connectivity index (χ4v) is 0. The molecule has 0 aromatic heterocycles. The molecule has 0 atom stereocenters. The summed E-state index contributed by atoms with van der Waals surface area (Å²) in [4.78, 5) is 0. The quantitative estimate of drug-likeness (QED) is 0.449. The van der Waals surface area contributed by atoms with Gasteiger partial charge in [-0.05, 0) is 0 Å². The Morgan fingerprint density at radius 1 is 1.57 bits per heavy atom. The van der Waals surface area contributed by atoms with Gasteiger partial charge >= 0.3 is 61.7 Å².